The SMILES string of the molecule is CC(C)[C@H]1NC(=O)CCCCNC(=O)C[C@@H](C(=O)N2CCCN(C)CC2)NC(=O)c2ccccc2OC[C@H](C)NC1=O. The maximum atomic E-state index is 13.6. The summed E-state index contributed by atoms with van der Waals surface area (Å²) in [7, 11) is 2.00. The highest BCUT2D eigenvalue weighted by atomic mass is 16.5. The number of carbonyl (C=O) groups is 5. The van der Waals surface area contributed by atoms with Gasteiger partial charge in [0.2, 0.25) is 23.6 Å². The van der Waals surface area contributed by atoms with Gasteiger partial charge >= 0.3 is 0 Å². The summed E-state index contributed by atoms with van der Waals surface area (Å²) in [5.41, 5.74) is 0.214. The van der Waals surface area contributed by atoms with Gasteiger partial charge in [0.25, 0.3) is 5.91 Å². The van der Waals surface area contributed by atoms with Gasteiger partial charge in [-0.3, -0.25) is 24.0 Å². The molecule has 2 heterocycles. The van der Waals surface area contributed by atoms with Gasteiger partial charge in [0.05, 0.1) is 18.0 Å². The van der Waals surface area contributed by atoms with Crippen LogP contribution in [0.4, 0.5) is 0 Å². The molecule has 12 heteroatoms. The Labute approximate surface area is 248 Å². The number of fused-ring (bicyclic) bond motifs is 1. The van der Waals surface area contributed by atoms with Crippen molar-refractivity contribution in [2.75, 3.05) is 46.4 Å². The summed E-state index contributed by atoms with van der Waals surface area (Å²) in [5.74, 6) is -1.60. The maximum absolute atomic E-state index is 13.6. The summed E-state index contributed by atoms with van der Waals surface area (Å²) < 4.78 is 5.94. The molecule has 12 nitrogen and oxygen atoms in total. The number of hydrogen-bond donors (Lipinski definition) is 4. The van der Waals surface area contributed by atoms with Crippen molar-refractivity contribution in [3.8, 4) is 5.75 Å². The van der Waals surface area contributed by atoms with E-state index in [4.69, 9.17) is 4.74 Å². The number of nitrogens with zero attached hydrogens (tertiary/aromatic N) is 2. The Hall–Kier alpha value is -3.67. The molecule has 1 aromatic rings. The van der Waals surface area contributed by atoms with Crippen LogP contribution in [-0.2, 0) is 19.2 Å². The van der Waals surface area contributed by atoms with Crippen LogP contribution in [0.3, 0.4) is 0 Å². The summed E-state index contributed by atoms with van der Waals surface area (Å²) in [6.07, 6.45) is 1.86. The van der Waals surface area contributed by atoms with E-state index in [1.165, 1.54) is 0 Å². The van der Waals surface area contributed by atoms with Gasteiger partial charge in [-0.2, -0.15) is 0 Å². The van der Waals surface area contributed by atoms with Gasteiger partial charge < -0.3 is 35.8 Å². The highest BCUT2D eigenvalue weighted by Gasteiger charge is 2.31. The first-order chi connectivity index (χ1) is 20.0. The molecule has 1 saturated heterocycles. The molecule has 3 rings (SSSR count). The standard InChI is InChI=1S/C30H46N6O6/c1-20(2)27-29(40)32-21(3)19-42-24-11-6-5-10-22(24)28(39)33-23(30(41)36-15-9-14-35(4)16-17-36)18-26(38)31-13-8-7-12-25(37)34-27/h5-6,10-11,20-21,23,27H,7-9,12-19H2,1-4H3,(H,31,38)(H,32,40)(H,33,39)(H,34,37)/t21-,23-,27+/m0/s1. The van der Waals surface area contributed by atoms with E-state index >= 15 is 0 Å². The summed E-state index contributed by atoms with van der Waals surface area (Å²) in [5, 5.41) is 11.3. The summed E-state index contributed by atoms with van der Waals surface area (Å²) in [4.78, 5) is 69.3. The summed E-state index contributed by atoms with van der Waals surface area (Å²) in [6, 6.07) is 4.46. The Bertz CT molecular complexity index is 1110. The van der Waals surface area contributed by atoms with Crippen molar-refractivity contribution in [3.63, 3.8) is 0 Å². The molecule has 1 aromatic carbocycles. The van der Waals surface area contributed by atoms with Crippen molar-refractivity contribution >= 4 is 29.5 Å². The van der Waals surface area contributed by atoms with E-state index in [9.17, 15) is 24.0 Å². The molecule has 0 bridgehead atoms. The fraction of sp³-hybridized carbons (Fsp3) is 0.633. The number of nitrogens with one attached hydrogen (secondary N) is 4. The highest BCUT2D eigenvalue weighted by molar-refractivity contribution is 6.00. The average Bonchev–Trinajstić information content (AvgIpc) is 3.17. The van der Waals surface area contributed by atoms with Gasteiger partial charge in [0.15, 0.2) is 0 Å². The quantitative estimate of drug-likeness (QED) is 0.398. The number of carbonyl (C=O) groups excluding carboxylic acids is 5. The van der Waals surface area contributed by atoms with Gasteiger partial charge in [0.1, 0.15) is 24.4 Å². The largest absolute Gasteiger partial charge is 0.491 e. The molecule has 42 heavy (non-hydrogen) atoms. The molecule has 0 radical (unpaired) electrons. The molecule has 0 saturated carbocycles. The summed E-state index contributed by atoms with van der Waals surface area (Å²) >= 11 is 0. The molecule has 2 aliphatic rings. The lowest BCUT2D eigenvalue weighted by Crippen LogP contribution is -2.52. The van der Waals surface area contributed by atoms with Crippen molar-refractivity contribution in [1.82, 2.24) is 31.1 Å². The third-order valence-electron chi connectivity index (χ3n) is 7.45. The Kier molecular flexibility index (Phi) is 12.6. The molecule has 0 aliphatic carbocycles. The monoisotopic (exact) mass is 586 g/mol. The van der Waals surface area contributed by atoms with Crippen LogP contribution in [0.25, 0.3) is 0 Å². The zero-order valence-corrected chi connectivity index (χ0v) is 25.2. The first kappa shape index (κ1) is 32.8. The van der Waals surface area contributed by atoms with E-state index in [0.717, 1.165) is 13.0 Å². The fourth-order valence-corrected chi connectivity index (χ4v) is 4.97. The first-order valence-corrected chi connectivity index (χ1v) is 14.9. The predicted octanol–water partition coefficient (Wildman–Crippen LogP) is 0.664. The van der Waals surface area contributed by atoms with Crippen LogP contribution < -0.4 is 26.0 Å². The van der Waals surface area contributed by atoms with E-state index in [1.54, 1.807) is 36.1 Å². The maximum Gasteiger partial charge on any atom is 0.255 e. The number of likely N-dealkylation sites (N-methyl/N-ethyl adjacent to an activating group) is 1. The van der Waals surface area contributed by atoms with Crippen molar-refractivity contribution in [3.05, 3.63) is 29.8 Å². The zero-order valence-electron chi connectivity index (χ0n) is 25.2. The van der Waals surface area contributed by atoms with E-state index < -0.39 is 24.0 Å². The molecule has 0 spiro atoms. The van der Waals surface area contributed by atoms with Crippen LogP contribution in [-0.4, -0.2) is 104 Å². The van der Waals surface area contributed by atoms with E-state index in [1.807, 2.05) is 20.9 Å². The molecular weight excluding hydrogens is 540 g/mol. The number of benzene rings is 1. The van der Waals surface area contributed by atoms with Crippen molar-refractivity contribution in [2.24, 2.45) is 5.92 Å². The number of amides is 5. The number of hydrogen-bond acceptors (Lipinski definition) is 7. The molecule has 2 aliphatic heterocycles. The second-order valence-corrected chi connectivity index (χ2v) is 11.5. The topological polar surface area (TPSA) is 149 Å². The van der Waals surface area contributed by atoms with Crippen LogP contribution in [0.2, 0.25) is 0 Å². The Morgan fingerprint density at radius 2 is 1.69 bits per heavy atom. The molecule has 0 unspecified atom stereocenters. The lowest BCUT2D eigenvalue weighted by atomic mass is 10.0. The van der Waals surface area contributed by atoms with E-state index in [2.05, 4.69) is 26.2 Å². The third kappa shape index (κ3) is 10.0. The van der Waals surface area contributed by atoms with Crippen LogP contribution in [0.1, 0.15) is 63.2 Å². The molecule has 5 amide bonds. The molecule has 3 atom stereocenters. The highest BCUT2D eigenvalue weighted by Crippen LogP contribution is 2.19. The number of para-hydroxylation sites is 1. The summed E-state index contributed by atoms with van der Waals surface area (Å²) in [6.45, 7) is 8.50. The predicted molar refractivity (Wildman–Crippen MR) is 158 cm³/mol. The van der Waals surface area contributed by atoms with Crippen LogP contribution in [0.15, 0.2) is 24.3 Å². The Balaban J connectivity index is 1.82. The number of ether oxygens (including phenoxy) is 1. The normalized spacial score (nSPS) is 24.7. The van der Waals surface area contributed by atoms with Crippen molar-refractivity contribution in [1.29, 1.82) is 0 Å². The molecular formula is C30H46N6O6. The van der Waals surface area contributed by atoms with E-state index in [0.29, 0.717) is 39.0 Å². The number of rotatable bonds is 2. The Morgan fingerprint density at radius 1 is 0.929 bits per heavy atom. The third-order valence-corrected chi connectivity index (χ3v) is 7.45. The fourth-order valence-electron chi connectivity index (χ4n) is 4.97. The average molecular weight is 587 g/mol. The van der Waals surface area contributed by atoms with Crippen molar-refractivity contribution in [2.45, 2.75) is 71.0 Å². The molecule has 4 N–H and O–H groups in total. The first-order valence-electron chi connectivity index (χ1n) is 14.9. The Morgan fingerprint density at radius 3 is 2.45 bits per heavy atom. The zero-order chi connectivity index (χ0) is 30.6. The van der Waals surface area contributed by atoms with Gasteiger partial charge in [-0.25, -0.2) is 0 Å². The lowest BCUT2D eigenvalue weighted by Gasteiger charge is -2.27. The van der Waals surface area contributed by atoms with Gasteiger partial charge in [-0.15, -0.1) is 0 Å². The molecule has 232 valence electrons. The molecule has 1 fully saturated rings. The minimum absolute atomic E-state index is 0.0703. The second kappa shape index (κ2) is 16.1. The van der Waals surface area contributed by atoms with Crippen LogP contribution in [0, 0.1) is 5.92 Å². The van der Waals surface area contributed by atoms with Crippen LogP contribution in [0.5, 0.6) is 5.75 Å². The second-order valence-electron chi connectivity index (χ2n) is 11.5. The van der Waals surface area contributed by atoms with E-state index in [-0.39, 0.29) is 60.3 Å². The van der Waals surface area contributed by atoms with Crippen LogP contribution >= 0.6 is 0 Å². The van der Waals surface area contributed by atoms with Gasteiger partial charge in [-0.1, -0.05) is 26.0 Å². The van der Waals surface area contributed by atoms with Gasteiger partial charge in [0, 0.05) is 32.6 Å². The minimum Gasteiger partial charge on any atom is -0.491 e. The smallest absolute Gasteiger partial charge is 0.255 e. The molecule has 0 aromatic heterocycles. The van der Waals surface area contributed by atoms with Gasteiger partial charge in [-0.05, 0) is 57.8 Å². The minimum atomic E-state index is -1.06. The van der Waals surface area contributed by atoms with Crippen molar-refractivity contribution < 1.29 is 28.7 Å². The lowest BCUT2D eigenvalue weighted by molar-refractivity contribution is -0.135.